The second-order valence-electron chi connectivity index (χ2n) is 4.29. The molecule has 1 atom stereocenters. The van der Waals surface area contributed by atoms with E-state index in [0.29, 0.717) is 5.56 Å². The van der Waals surface area contributed by atoms with E-state index in [9.17, 15) is 13.0 Å². The molecule has 0 amide bonds. The van der Waals surface area contributed by atoms with Crippen LogP contribution in [0.5, 0.6) is 0 Å². The van der Waals surface area contributed by atoms with Crippen LogP contribution in [0.15, 0.2) is 41.3 Å². The quantitative estimate of drug-likeness (QED) is 0.579. The van der Waals surface area contributed by atoms with Crippen molar-refractivity contribution in [3.8, 4) is 11.1 Å². The van der Waals surface area contributed by atoms with Gasteiger partial charge in [-0.25, -0.2) is 8.42 Å². The molecule has 2 aliphatic rings. The first kappa shape index (κ1) is 17.6. The van der Waals surface area contributed by atoms with E-state index in [0.717, 1.165) is 17.5 Å². The van der Waals surface area contributed by atoms with Gasteiger partial charge in [0.2, 0.25) is 0 Å². The molecule has 0 N–H and O–H groups in total. The molecule has 20 heavy (non-hydrogen) atoms. The van der Waals surface area contributed by atoms with Gasteiger partial charge in [0.1, 0.15) is 10.1 Å². The van der Waals surface area contributed by atoms with Crippen LogP contribution in [0, 0.1) is 0 Å². The number of hydrogen-bond donors (Lipinski definition) is 0. The van der Waals surface area contributed by atoms with Crippen molar-refractivity contribution in [1.82, 2.24) is 0 Å². The molecular formula is C14H15NaO4S. The summed E-state index contributed by atoms with van der Waals surface area (Å²) in [5, 5.41) is 0. The third-order valence-corrected chi connectivity index (χ3v) is 4.08. The van der Waals surface area contributed by atoms with Gasteiger partial charge in [0.25, 0.3) is 0 Å². The van der Waals surface area contributed by atoms with Gasteiger partial charge in [0.15, 0.2) is 0 Å². The van der Waals surface area contributed by atoms with E-state index in [4.69, 9.17) is 4.74 Å². The minimum Gasteiger partial charge on any atom is -0.744 e. The summed E-state index contributed by atoms with van der Waals surface area (Å²) in [5.41, 5.74) is 2.08. The van der Waals surface area contributed by atoms with Gasteiger partial charge in [0, 0.05) is 7.11 Å². The number of ether oxygens (including phenoxy) is 1. The Balaban J connectivity index is 0.00000200. The van der Waals surface area contributed by atoms with Crippen molar-refractivity contribution in [2.45, 2.75) is 24.3 Å². The van der Waals surface area contributed by atoms with E-state index >= 15 is 0 Å². The summed E-state index contributed by atoms with van der Waals surface area (Å²) in [7, 11) is -2.85. The fraction of sp³-hybridized carbons (Fsp3) is 0.286. The van der Waals surface area contributed by atoms with E-state index in [1.54, 1.807) is 25.3 Å². The molecule has 0 aromatic rings. The fourth-order valence-electron chi connectivity index (χ4n) is 2.31. The summed E-state index contributed by atoms with van der Waals surface area (Å²) in [6, 6.07) is 10.1. The zero-order valence-electron chi connectivity index (χ0n) is 11.8. The molecule has 0 bridgehead atoms. The SMILES string of the molecule is CCC(OC)c1ccccc2c(S(=O)(=O)[O-])ccc1-2.[Na+]. The topological polar surface area (TPSA) is 66.4 Å². The van der Waals surface area contributed by atoms with E-state index < -0.39 is 10.1 Å². The second kappa shape index (κ2) is 7.02. The first-order valence-electron chi connectivity index (χ1n) is 5.99. The maximum absolute atomic E-state index is 11.2. The molecular weight excluding hydrogens is 287 g/mol. The zero-order chi connectivity index (χ0) is 14.0. The first-order chi connectivity index (χ1) is 8.99. The average molecular weight is 302 g/mol. The molecule has 1 unspecified atom stereocenters. The van der Waals surface area contributed by atoms with Gasteiger partial charge in [-0.1, -0.05) is 37.3 Å². The molecule has 4 nitrogen and oxygen atoms in total. The van der Waals surface area contributed by atoms with Gasteiger partial charge < -0.3 is 9.29 Å². The van der Waals surface area contributed by atoms with Crippen molar-refractivity contribution in [1.29, 1.82) is 0 Å². The molecule has 0 saturated heterocycles. The standard InChI is InChI=1S/C14H16O4S.Na/c1-3-13(18-2)11-6-4-5-7-12-10(11)8-9-14(12)19(15,16)17;/h4-9,13H,3H2,1-2H3,(H,15,16,17);/q;+1/p-1. The molecule has 2 aliphatic carbocycles. The summed E-state index contributed by atoms with van der Waals surface area (Å²) >= 11 is 0. The largest absolute Gasteiger partial charge is 1.00 e. The Morgan fingerprint density at radius 2 is 1.80 bits per heavy atom. The van der Waals surface area contributed by atoms with E-state index in [2.05, 4.69) is 0 Å². The molecule has 0 radical (unpaired) electrons. The van der Waals surface area contributed by atoms with Crippen molar-refractivity contribution in [2.75, 3.05) is 7.11 Å². The van der Waals surface area contributed by atoms with Crippen LogP contribution in [0.4, 0.5) is 0 Å². The smallest absolute Gasteiger partial charge is 0.744 e. The minimum atomic E-state index is -4.46. The average Bonchev–Trinajstić information content (AvgIpc) is 2.67. The van der Waals surface area contributed by atoms with Gasteiger partial charge in [0.05, 0.1) is 11.0 Å². The minimum absolute atomic E-state index is 0. The molecule has 0 heterocycles. The van der Waals surface area contributed by atoms with Crippen molar-refractivity contribution in [3.05, 3.63) is 42.0 Å². The Morgan fingerprint density at radius 1 is 1.15 bits per heavy atom. The predicted molar refractivity (Wildman–Crippen MR) is 71.1 cm³/mol. The van der Waals surface area contributed by atoms with Crippen LogP contribution in [0.1, 0.15) is 25.0 Å². The predicted octanol–water partition coefficient (Wildman–Crippen LogP) is -0.203. The van der Waals surface area contributed by atoms with E-state index in [1.165, 1.54) is 6.07 Å². The molecule has 6 heteroatoms. The summed E-state index contributed by atoms with van der Waals surface area (Å²) in [6.45, 7) is 1.99. The molecule has 0 saturated carbocycles. The summed E-state index contributed by atoms with van der Waals surface area (Å²) in [6.07, 6.45) is 0.639. The number of fused-ring (bicyclic) bond motifs is 1. The van der Waals surface area contributed by atoms with Crippen molar-refractivity contribution in [3.63, 3.8) is 0 Å². The third kappa shape index (κ3) is 3.42. The molecule has 0 aromatic carbocycles. The monoisotopic (exact) mass is 302 g/mol. The fourth-order valence-corrected chi connectivity index (χ4v) is 2.99. The van der Waals surface area contributed by atoms with Crippen LogP contribution >= 0.6 is 0 Å². The summed E-state index contributed by atoms with van der Waals surface area (Å²) in [4.78, 5) is -0.175. The normalized spacial score (nSPS) is 12.9. The van der Waals surface area contributed by atoms with Crippen molar-refractivity contribution in [2.24, 2.45) is 0 Å². The van der Waals surface area contributed by atoms with Crippen LogP contribution < -0.4 is 29.6 Å². The first-order valence-corrected chi connectivity index (χ1v) is 7.40. The molecule has 0 aromatic heterocycles. The van der Waals surface area contributed by atoms with Gasteiger partial charge >= 0.3 is 29.6 Å². The van der Waals surface area contributed by atoms with Gasteiger partial charge in [-0.05, 0) is 29.2 Å². The third-order valence-electron chi connectivity index (χ3n) is 3.19. The second-order valence-corrected chi connectivity index (χ2v) is 5.63. The Bertz CT molecular complexity index is 650. The Morgan fingerprint density at radius 3 is 2.35 bits per heavy atom. The van der Waals surface area contributed by atoms with Crippen LogP contribution in [-0.2, 0) is 14.9 Å². The molecule has 102 valence electrons. The van der Waals surface area contributed by atoms with Gasteiger partial charge in [-0.2, -0.15) is 0 Å². The van der Waals surface area contributed by atoms with Crippen LogP contribution in [0.25, 0.3) is 11.1 Å². The zero-order valence-corrected chi connectivity index (χ0v) is 14.6. The van der Waals surface area contributed by atoms with Crippen molar-refractivity contribution >= 4 is 10.1 Å². The van der Waals surface area contributed by atoms with Gasteiger partial charge in [-0.15, -0.1) is 0 Å². The van der Waals surface area contributed by atoms with Crippen LogP contribution in [0.3, 0.4) is 0 Å². The maximum atomic E-state index is 11.2. The molecule has 0 aliphatic heterocycles. The number of methoxy groups -OCH3 is 1. The Hall–Kier alpha value is -0.430. The van der Waals surface area contributed by atoms with Gasteiger partial charge in [-0.3, -0.25) is 0 Å². The van der Waals surface area contributed by atoms with E-state index in [1.807, 2.05) is 19.1 Å². The van der Waals surface area contributed by atoms with Crippen LogP contribution in [-0.4, -0.2) is 20.1 Å². The van der Waals surface area contributed by atoms with Crippen molar-refractivity contribution < 1.29 is 47.3 Å². The van der Waals surface area contributed by atoms with Crippen LogP contribution in [0.2, 0.25) is 0 Å². The number of rotatable bonds is 4. The summed E-state index contributed by atoms with van der Waals surface area (Å²) < 4.78 is 39.1. The maximum Gasteiger partial charge on any atom is 1.00 e. The van der Waals surface area contributed by atoms with E-state index in [-0.39, 0.29) is 40.6 Å². The molecule has 2 rings (SSSR count). The number of hydrogen-bond acceptors (Lipinski definition) is 4. The summed E-state index contributed by atoms with van der Waals surface area (Å²) in [5.74, 6) is 0. The molecule has 0 spiro atoms. The Labute approximate surface area is 141 Å². The Kier molecular flexibility index (Phi) is 6.19. The molecule has 0 fully saturated rings.